The summed E-state index contributed by atoms with van der Waals surface area (Å²) in [5.41, 5.74) is 2.48. The van der Waals surface area contributed by atoms with Crippen LogP contribution in [0.1, 0.15) is 36.8 Å². The maximum Gasteiger partial charge on any atom is 0.226 e. The number of rotatable bonds is 3. The summed E-state index contributed by atoms with van der Waals surface area (Å²) in [5.74, 6) is 3.60. The highest BCUT2D eigenvalue weighted by atomic mass is 16.5. The molecule has 2 fully saturated rings. The van der Waals surface area contributed by atoms with Crippen molar-refractivity contribution < 1.29 is 14.3 Å². The maximum absolute atomic E-state index is 12.9. The molecular formula is C19H25NO3. The van der Waals surface area contributed by atoms with Crippen molar-refractivity contribution >= 4 is 5.91 Å². The van der Waals surface area contributed by atoms with Crippen molar-refractivity contribution in [3.8, 4) is 11.5 Å². The highest BCUT2D eigenvalue weighted by Gasteiger charge is 2.55. The number of methoxy groups -OCH3 is 2. The van der Waals surface area contributed by atoms with E-state index in [2.05, 4.69) is 11.0 Å². The topological polar surface area (TPSA) is 38.8 Å². The molecule has 1 heterocycles. The zero-order valence-corrected chi connectivity index (χ0v) is 14.0. The molecule has 1 aliphatic heterocycles. The molecule has 2 aliphatic carbocycles. The molecule has 1 aromatic carbocycles. The third-order valence-corrected chi connectivity index (χ3v) is 5.97. The highest BCUT2D eigenvalue weighted by molar-refractivity contribution is 5.82. The average molecular weight is 315 g/mol. The second kappa shape index (κ2) is 5.73. The number of carbonyl (C=O) groups excluding carboxylic acids is 1. The standard InChI is InChI=1S/C19H25NO3/c1-22-16-9-12-7-8-20(11-13(12)10-17(16)23-2)19(21)18-14-5-3-4-6-15(14)18/h9-10,14-15,18H,3-8,11H2,1-2H3/t14-,15+,18?. The molecule has 0 radical (unpaired) electrons. The zero-order chi connectivity index (χ0) is 16.0. The van der Waals surface area contributed by atoms with Gasteiger partial charge in [-0.15, -0.1) is 0 Å². The minimum absolute atomic E-state index is 0.319. The first-order valence-corrected chi connectivity index (χ1v) is 8.75. The summed E-state index contributed by atoms with van der Waals surface area (Å²) in [6.45, 7) is 1.54. The van der Waals surface area contributed by atoms with Crippen molar-refractivity contribution in [3.63, 3.8) is 0 Å². The summed E-state index contributed by atoms with van der Waals surface area (Å²) in [6.07, 6.45) is 6.05. The number of nitrogens with zero attached hydrogens (tertiary/aromatic N) is 1. The van der Waals surface area contributed by atoms with E-state index in [4.69, 9.17) is 9.47 Å². The lowest BCUT2D eigenvalue weighted by atomic mass is 9.98. The number of amides is 1. The summed E-state index contributed by atoms with van der Waals surface area (Å²) < 4.78 is 10.8. The van der Waals surface area contributed by atoms with Gasteiger partial charge in [0.05, 0.1) is 14.2 Å². The number of benzene rings is 1. The number of hydrogen-bond donors (Lipinski definition) is 0. The van der Waals surface area contributed by atoms with Gasteiger partial charge in [0, 0.05) is 19.0 Å². The van der Waals surface area contributed by atoms with Gasteiger partial charge in [-0.2, -0.15) is 0 Å². The zero-order valence-electron chi connectivity index (χ0n) is 14.0. The van der Waals surface area contributed by atoms with Crippen LogP contribution in [0.5, 0.6) is 11.5 Å². The Hall–Kier alpha value is -1.71. The Kier molecular flexibility index (Phi) is 3.70. The summed E-state index contributed by atoms with van der Waals surface area (Å²) in [4.78, 5) is 15.0. The fourth-order valence-corrected chi connectivity index (χ4v) is 4.64. The third-order valence-electron chi connectivity index (χ3n) is 5.97. The van der Waals surface area contributed by atoms with E-state index in [9.17, 15) is 4.79 Å². The molecule has 0 aromatic heterocycles. The van der Waals surface area contributed by atoms with Crippen LogP contribution in [0, 0.1) is 17.8 Å². The summed E-state index contributed by atoms with van der Waals surface area (Å²) >= 11 is 0. The fourth-order valence-electron chi connectivity index (χ4n) is 4.64. The second-order valence-corrected chi connectivity index (χ2v) is 7.12. The fraction of sp³-hybridized carbons (Fsp3) is 0.632. The van der Waals surface area contributed by atoms with Crippen molar-refractivity contribution in [2.75, 3.05) is 20.8 Å². The molecule has 3 aliphatic rings. The largest absolute Gasteiger partial charge is 0.493 e. The molecule has 2 saturated carbocycles. The lowest BCUT2D eigenvalue weighted by Crippen LogP contribution is -2.37. The third kappa shape index (κ3) is 2.48. The molecule has 4 nitrogen and oxygen atoms in total. The molecule has 1 aromatic rings. The van der Waals surface area contributed by atoms with Crippen LogP contribution in [-0.2, 0) is 17.8 Å². The molecule has 1 unspecified atom stereocenters. The SMILES string of the molecule is COc1cc2c(cc1OC)CN(C(=O)C1[C@H]3CCCC[C@@H]13)CC2. The van der Waals surface area contributed by atoms with Crippen LogP contribution >= 0.6 is 0 Å². The van der Waals surface area contributed by atoms with Crippen LogP contribution in [-0.4, -0.2) is 31.6 Å². The minimum Gasteiger partial charge on any atom is -0.493 e. The molecule has 1 amide bonds. The van der Waals surface area contributed by atoms with Gasteiger partial charge in [0.25, 0.3) is 0 Å². The summed E-state index contributed by atoms with van der Waals surface area (Å²) in [7, 11) is 3.32. The van der Waals surface area contributed by atoms with Crippen LogP contribution in [0.25, 0.3) is 0 Å². The molecular weight excluding hydrogens is 290 g/mol. The first-order valence-electron chi connectivity index (χ1n) is 8.75. The van der Waals surface area contributed by atoms with E-state index in [1.54, 1.807) is 14.2 Å². The number of hydrogen-bond acceptors (Lipinski definition) is 3. The molecule has 0 bridgehead atoms. The lowest BCUT2D eigenvalue weighted by Gasteiger charge is -2.30. The van der Waals surface area contributed by atoms with E-state index in [-0.39, 0.29) is 0 Å². The summed E-state index contributed by atoms with van der Waals surface area (Å²) in [5, 5.41) is 0. The monoisotopic (exact) mass is 315 g/mol. The molecule has 23 heavy (non-hydrogen) atoms. The van der Waals surface area contributed by atoms with Gasteiger partial charge in [-0.05, 0) is 54.4 Å². The predicted molar refractivity (Wildman–Crippen MR) is 87.6 cm³/mol. The highest BCUT2D eigenvalue weighted by Crippen LogP contribution is 2.56. The Morgan fingerprint density at radius 2 is 1.65 bits per heavy atom. The van der Waals surface area contributed by atoms with Gasteiger partial charge in [0.15, 0.2) is 11.5 Å². The molecule has 4 rings (SSSR count). The number of carbonyl (C=O) groups is 1. The smallest absolute Gasteiger partial charge is 0.226 e. The van der Waals surface area contributed by atoms with Crippen molar-refractivity contribution in [3.05, 3.63) is 23.3 Å². The van der Waals surface area contributed by atoms with Crippen LogP contribution in [0.15, 0.2) is 12.1 Å². The Labute approximate surface area is 137 Å². The van der Waals surface area contributed by atoms with Gasteiger partial charge in [-0.25, -0.2) is 0 Å². The first-order chi connectivity index (χ1) is 11.2. The van der Waals surface area contributed by atoms with E-state index in [0.717, 1.165) is 24.5 Å². The molecule has 0 spiro atoms. The minimum atomic E-state index is 0.319. The van der Waals surface area contributed by atoms with Gasteiger partial charge in [-0.1, -0.05) is 12.8 Å². The molecule has 0 saturated heterocycles. The van der Waals surface area contributed by atoms with Gasteiger partial charge in [0.1, 0.15) is 0 Å². The van der Waals surface area contributed by atoms with Gasteiger partial charge < -0.3 is 14.4 Å². The normalized spacial score (nSPS) is 28.6. The number of fused-ring (bicyclic) bond motifs is 2. The van der Waals surface area contributed by atoms with Crippen LogP contribution in [0.4, 0.5) is 0 Å². The Morgan fingerprint density at radius 1 is 1.04 bits per heavy atom. The first kappa shape index (κ1) is 14.9. The van der Waals surface area contributed by atoms with Gasteiger partial charge in [0.2, 0.25) is 5.91 Å². The van der Waals surface area contributed by atoms with Crippen molar-refractivity contribution in [2.24, 2.45) is 17.8 Å². The van der Waals surface area contributed by atoms with Crippen LogP contribution in [0.3, 0.4) is 0 Å². The van der Waals surface area contributed by atoms with E-state index in [1.165, 1.54) is 36.8 Å². The van der Waals surface area contributed by atoms with E-state index < -0.39 is 0 Å². The molecule has 3 atom stereocenters. The lowest BCUT2D eigenvalue weighted by molar-refractivity contribution is -0.134. The Morgan fingerprint density at radius 3 is 2.26 bits per heavy atom. The van der Waals surface area contributed by atoms with E-state index in [1.807, 2.05) is 6.07 Å². The van der Waals surface area contributed by atoms with Crippen molar-refractivity contribution in [1.29, 1.82) is 0 Å². The molecule has 4 heteroatoms. The van der Waals surface area contributed by atoms with Crippen LogP contribution in [0.2, 0.25) is 0 Å². The molecule has 124 valence electrons. The summed E-state index contributed by atoms with van der Waals surface area (Å²) in [6, 6.07) is 4.10. The molecule has 0 N–H and O–H groups in total. The van der Waals surface area contributed by atoms with Gasteiger partial charge in [-0.3, -0.25) is 4.79 Å². The Balaban J connectivity index is 1.51. The Bertz CT molecular complexity index is 615. The quantitative estimate of drug-likeness (QED) is 0.860. The van der Waals surface area contributed by atoms with Crippen LogP contribution < -0.4 is 9.47 Å². The van der Waals surface area contributed by atoms with Crippen molar-refractivity contribution in [2.45, 2.75) is 38.6 Å². The van der Waals surface area contributed by atoms with E-state index >= 15 is 0 Å². The predicted octanol–water partition coefficient (Wildman–Crippen LogP) is 3.02. The average Bonchev–Trinajstić information content (AvgIpc) is 3.33. The maximum atomic E-state index is 12.9. The second-order valence-electron chi connectivity index (χ2n) is 7.12. The van der Waals surface area contributed by atoms with Crippen molar-refractivity contribution in [1.82, 2.24) is 4.90 Å². The van der Waals surface area contributed by atoms with E-state index in [0.29, 0.717) is 30.2 Å². The van der Waals surface area contributed by atoms with Gasteiger partial charge >= 0.3 is 0 Å². The number of ether oxygens (including phenoxy) is 2.